The van der Waals surface area contributed by atoms with Gasteiger partial charge in [0, 0.05) is 11.6 Å². The van der Waals surface area contributed by atoms with Gasteiger partial charge in [0.25, 0.3) is 0 Å². The summed E-state index contributed by atoms with van der Waals surface area (Å²) in [4.78, 5) is 12.0. The quantitative estimate of drug-likeness (QED) is 0.881. The highest BCUT2D eigenvalue weighted by Crippen LogP contribution is 2.25. The van der Waals surface area contributed by atoms with Crippen molar-refractivity contribution < 1.29 is 9.18 Å². The summed E-state index contributed by atoms with van der Waals surface area (Å²) in [6, 6.07) is 3.03. The highest BCUT2D eigenvalue weighted by atomic mass is 79.9. The molecule has 1 aliphatic heterocycles. The molecule has 1 aromatic carbocycles. The highest BCUT2D eigenvalue weighted by Gasteiger charge is 2.21. The molecule has 1 aliphatic rings. The fraction of sp³-hybridized carbons (Fsp3) is 0.462. The van der Waals surface area contributed by atoms with E-state index in [2.05, 4.69) is 26.6 Å². The first-order valence-electron chi connectivity index (χ1n) is 6.05. The van der Waals surface area contributed by atoms with Gasteiger partial charge in [0.1, 0.15) is 5.82 Å². The summed E-state index contributed by atoms with van der Waals surface area (Å²) < 4.78 is 13.9. The molecular formula is C13H16BrFN2O. The highest BCUT2D eigenvalue weighted by molar-refractivity contribution is 9.10. The Kier molecular flexibility index (Phi) is 4.35. The Hall–Kier alpha value is -0.940. The summed E-state index contributed by atoms with van der Waals surface area (Å²) in [6.07, 6.45) is 1.67. The van der Waals surface area contributed by atoms with Gasteiger partial charge in [0.15, 0.2) is 0 Å². The molecule has 0 atom stereocenters. The Labute approximate surface area is 114 Å². The number of rotatable bonds is 2. The van der Waals surface area contributed by atoms with Crippen LogP contribution in [-0.4, -0.2) is 19.0 Å². The van der Waals surface area contributed by atoms with Crippen LogP contribution in [0.15, 0.2) is 16.6 Å². The van der Waals surface area contributed by atoms with Crippen molar-refractivity contribution in [1.29, 1.82) is 0 Å². The molecule has 0 saturated carbocycles. The first-order valence-corrected chi connectivity index (χ1v) is 6.84. The fourth-order valence-corrected chi connectivity index (χ4v) is 2.56. The summed E-state index contributed by atoms with van der Waals surface area (Å²) in [5.41, 5.74) is 1.41. The summed E-state index contributed by atoms with van der Waals surface area (Å²) in [5.74, 6) is -0.347. The molecule has 0 unspecified atom stereocenters. The van der Waals surface area contributed by atoms with E-state index < -0.39 is 0 Å². The maximum absolute atomic E-state index is 13.4. The Morgan fingerprint density at radius 3 is 2.78 bits per heavy atom. The molecule has 1 aromatic rings. The van der Waals surface area contributed by atoms with Crippen LogP contribution in [0, 0.1) is 18.7 Å². The average Bonchev–Trinajstić information content (AvgIpc) is 2.37. The van der Waals surface area contributed by atoms with E-state index in [1.54, 1.807) is 6.07 Å². The molecule has 0 spiro atoms. The van der Waals surface area contributed by atoms with Crippen molar-refractivity contribution in [2.75, 3.05) is 18.4 Å². The Morgan fingerprint density at radius 1 is 1.44 bits per heavy atom. The van der Waals surface area contributed by atoms with Crippen LogP contribution < -0.4 is 10.6 Å². The second-order valence-corrected chi connectivity index (χ2v) is 5.45. The van der Waals surface area contributed by atoms with E-state index in [0.717, 1.165) is 31.5 Å². The zero-order chi connectivity index (χ0) is 13.1. The number of anilines is 1. The van der Waals surface area contributed by atoms with E-state index >= 15 is 0 Å². The molecule has 0 radical (unpaired) electrons. The number of hydrogen-bond donors (Lipinski definition) is 2. The van der Waals surface area contributed by atoms with Crippen LogP contribution in [0.3, 0.4) is 0 Å². The summed E-state index contributed by atoms with van der Waals surface area (Å²) in [7, 11) is 0. The van der Waals surface area contributed by atoms with Crippen molar-refractivity contribution in [2.45, 2.75) is 19.8 Å². The molecule has 1 saturated heterocycles. The zero-order valence-electron chi connectivity index (χ0n) is 10.2. The molecule has 1 fully saturated rings. The molecule has 1 heterocycles. The van der Waals surface area contributed by atoms with Gasteiger partial charge in [-0.1, -0.05) is 0 Å². The maximum atomic E-state index is 13.4. The molecule has 3 nitrogen and oxygen atoms in total. The normalized spacial score (nSPS) is 16.6. The van der Waals surface area contributed by atoms with Crippen LogP contribution >= 0.6 is 15.9 Å². The van der Waals surface area contributed by atoms with Crippen LogP contribution in [0.1, 0.15) is 18.4 Å². The third kappa shape index (κ3) is 3.09. The zero-order valence-corrected chi connectivity index (χ0v) is 11.8. The van der Waals surface area contributed by atoms with E-state index in [1.807, 2.05) is 6.92 Å². The Morgan fingerprint density at radius 2 is 2.11 bits per heavy atom. The maximum Gasteiger partial charge on any atom is 0.227 e. The lowest BCUT2D eigenvalue weighted by atomic mass is 9.97. The Balaban J connectivity index is 2.08. The van der Waals surface area contributed by atoms with Crippen molar-refractivity contribution in [3.63, 3.8) is 0 Å². The summed E-state index contributed by atoms with van der Waals surface area (Å²) in [5, 5.41) is 6.04. The lowest BCUT2D eigenvalue weighted by molar-refractivity contribution is -0.120. The number of nitrogens with one attached hydrogen (secondary N) is 2. The molecule has 0 bridgehead atoms. The van der Waals surface area contributed by atoms with Gasteiger partial charge in [-0.2, -0.15) is 0 Å². The van der Waals surface area contributed by atoms with Gasteiger partial charge in [-0.15, -0.1) is 0 Å². The van der Waals surface area contributed by atoms with Gasteiger partial charge in [-0.05, 0) is 66.5 Å². The monoisotopic (exact) mass is 314 g/mol. The molecule has 2 rings (SSSR count). The molecule has 98 valence electrons. The number of piperidine rings is 1. The fourth-order valence-electron chi connectivity index (χ4n) is 2.10. The van der Waals surface area contributed by atoms with Gasteiger partial charge < -0.3 is 10.6 Å². The molecule has 18 heavy (non-hydrogen) atoms. The molecule has 0 aromatic heterocycles. The first kappa shape index (κ1) is 13.5. The van der Waals surface area contributed by atoms with Crippen molar-refractivity contribution in [3.05, 3.63) is 28.0 Å². The van der Waals surface area contributed by atoms with Crippen LogP contribution in [0.5, 0.6) is 0 Å². The molecule has 2 N–H and O–H groups in total. The number of carbonyl (C=O) groups excluding carboxylic acids is 1. The smallest absolute Gasteiger partial charge is 0.227 e. The lowest BCUT2D eigenvalue weighted by Crippen LogP contribution is -2.34. The second kappa shape index (κ2) is 5.80. The van der Waals surface area contributed by atoms with Gasteiger partial charge in [-0.25, -0.2) is 4.39 Å². The Bertz CT molecular complexity index is 459. The van der Waals surface area contributed by atoms with E-state index in [0.29, 0.717) is 10.2 Å². The third-order valence-electron chi connectivity index (χ3n) is 3.24. The average molecular weight is 315 g/mol. The number of amides is 1. The van der Waals surface area contributed by atoms with E-state index in [1.165, 1.54) is 6.07 Å². The standard InChI is InChI=1S/C13H16BrFN2O/c1-8-6-10(14)11(15)7-12(8)17-13(18)9-2-4-16-5-3-9/h6-7,9,16H,2-5H2,1H3,(H,17,18). The predicted octanol–water partition coefficient (Wildman–Crippen LogP) is 2.83. The minimum absolute atomic E-state index is 0.0127. The molecule has 1 amide bonds. The van der Waals surface area contributed by atoms with E-state index in [-0.39, 0.29) is 17.6 Å². The van der Waals surface area contributed by atoms with Gasteiger partial charge in [0.05, 0.1) is 4.47 Å². The number of carbonyl (C=O) groups is 1. The summed E-state index contributed by atoms with van der Waals surface area (Å²) >= 11 is 3.13. The van der Waals surface area contributed by atoms with Gasteiger partial charge in [0.2, 0.25) is 5.91 Å². The van der Waals surface area contributed by atoms with Crippen LogP contribution in [-0.2, 0) is 4.79 Å². The van der Waals surface area contributed by atoms with Crippen LogP contribution in [0.4, 0.5) is 10.1 Å². The number of benzene rings is 1. The first-order chi connectivity index (χ1) is 8.58. The SMILES string of the molecule is Cc1cc(Br)c(F)cc1NC(=O)C1CCNCC1. The van der Waals surface area contributed by atoms with Crippen molar-refractivity contribution >= 4 is 27.5 Å². The van der Waals surface area contributed by atoms with Crippen molar-refractivity contribution in [3.8, 4) is 0 Å². The van der Waals surface area contributed by atoms with E-state index in [4.69, 9.17) is 0 Å². The van der Waals surface area contributed by atoms with Crippen LogP contribution in [0.2, 0.25) is 0 Å². The molecular weight excluding hydrogens is 299 g/mol. The third-order valence-corrected chi connectivity index (χ3v) is 3.84. The molecule has 0 aliphatic carbocycles. The number of hydrogen-bond acceptors (Lipinski definition) is 2. The van der Waals surface area contributed by atoms with Crippen molar-refractivity contribution in [2.24, 2.45) is 5.92 Å². The minimum atomic E-state index is -0.360. The van der Waals surface area contributed by atoms with Crippen molar-refractivity contribution in [1.82, 2.24) is 5.32 Å². The largest absolute Gasteiger partial charge is 0.325 e. The lowest BCUT2D eigenvalue weighted by Gasteiger charge is -2.22. The summed E-state index contributed by atoms with van der Waals surface area (Å²) in [6.45, 7) is 3.58. The van der Waals surface area contributed by atoms with Gasteiger partial charge in [-0.3, -0.25) is 4.79 Å². The predicted molar refractivity (Wildman–Crippen MR) is 73.1 cm³/mol. The number of halogens is 2. The van der Waals surface area contributed by atoms with Crippen LogP contribution in [0.25, 0.3) is 0 Å². The van der Waals surface area contributed by atoms with E-state index in [9.17, 15) is 9.18 Å². The topological polar surface area (TPSA) is 41.1 Å². The second-order valence-electron chi connectivity index (χ2n) is 4.59. The minimum Gasteiger partial charge on any atom is -0.325 e. The number of aryl methyl sites for hydroxylation is 1. The van der Waals surface area contributed by atoms with Gasteiger partial charge >= 0.3 is 0 Å². The molecule has 5 heteroatoms.